The number of carbonyl (C=O) groups excluding carboxylic acids is 2. The van der Waals surface area contributed by atoms with Crippen LogP contribution in [0.4, 0.5) is 10.1 Å². The number of hydrogen-bond acceptors (Lipinski definition) is 4. The van der Waals surface area contributed by atoms with Crippen LogP contribution >= 0.6 is 11.3 Å². The summed E-state index contributed by atoms with van der Waals surface area (Å²) < 4.78 is 13.7. The summed E-state index contributed by atoms with van der Waals surface area (Å²) in [5.41, 5.74) is 1.09. The van der Waals surface area contributed by atoms with Gasteiger partial charge in [-0.1, -0.05) is 31.4 Å². The molecular formula is C25H26FN3O2S. The van der Waals surface area contributed by atoms with E-state index in [0.717, 1.165) is 30.6 Å². The number of thiophene rings is 1. The highest BCUT2D eigenvalue weighted by Crippen LogP contribution is 2.30. The zero-order valence-electron chi connectivity index (χ0n) is 17.7. The van der Waals surface area contributed by atoms with Gasteiger partial charge in [-0.2, -0.15) is 0 Å². The summed E-state index contributed by atoms with van der Waals surface area (Å²) in [5, 5.41) is 5.08. The lowest BCUT2D eigenvalue weighted by atomic mass is 9.94. The Kier molecular flexibility index (Phi) is 7.27. The molecule has 0 spiro atoms. The molecule has 0 radical (unpaired) electrons. The second-order valence-electron chi connectivity index (χ2n) is 8.03. The fourth-order valence-corrected chi connectivity index (χ4v) is 4.86. The first-order valence-electron chi connectivity index (χ1n) is 10.9. The maximum Gasteiger partial charge on any atom is 0.248 e. The molecule has 32 heavy (non-hydrogen) atoms. The van der Waals surface area contributed by atoms with E-state index in [2.05, 4.69) is 10.3 Å². The number of anilines is 1. The van der Waals surface area contributed by atoms with Gasteiger partial charge >= 0.3 is 0 Å². The summed E-state index contributed by atoms with van der Waals surface area (Å²) in [7, 11) is 0. The Morgan fingerprint density at radius 1 is 1.09 bits per heavy atom. The number of nitrogens with zero attached hydrogens (tertiary/aromatic N) is 2. The van der Waals surface area contributed by atoms with Crippen molar-refractivity contribution in [2.45, 2.75) is 50.6 Å². The summed E-state index contributed by atoms with van der Waals surface area (Å²) in [4.78, 5) is 33.7. The molecule has 2 amide bonds. The van der Waals surface area contributed by atoms with Crippen LogP contribution in [0.25, 0.3) is 0 Å². The van der Waals surface area contributed by atoms with Crippen molar-refractivity contribution < 1.29 is 14.0 Å². The Labute approximate surface area is 191 Å². The standard InChI is InChI=1S/C25H26FN3O2S/c26-19-10-12-21(13-11-19)29(23(30)16-22-9-5-15-32-22)24(18-6-4-14-27-17-18)25(31)28-20-7-2-1-3-8-20/h4-6,9-15,17,20,24H,1-3,7-8,16H2,(H,28,31)/t24-/m1/s1. The zero-order chi connectivity index (χ0) is 22.3. The minimum absolute atomic E-state index is 0.0953. The van der Waals surface area contributed by atoms with Crippen LogP contribution in [-0.2, 0) is 16.0 Å². The molecular weight excluding hydrogens is 425 g/mol. The molecule has 1 aromatic carbocycles. The normalized spacial score (nSPS) is 15.2. The van der Waals surface area contributed by atoms with Gasteiger partial charge in [0.05, 0.1) is 6.42 Å². The lowest BCUT2D eigenvalue weighted by Crippen LogP contribution is -2.47. The predicted octanol–water partition coefficient (Wildman–Crippen LogP) is 5.05. The number of pyridine rings is 1. The molecule has 0 bridgehead atoms. The lowest BCUT2D eigenvalue weighted by Gasteiger charge is -2.33. The van der Waals surface area contributed by atoms with E-state index in [1.54, 1.807) is 36.7 Å². The molecule has 0 saturated heterocycles. The van der Waals surface area contributed by atoms with Crippen LogP contribution in [0, 0.1) is 5.82 Å². The minimum atomic E-state index is -0.899. The molecule has 1 saturated carbocycles. The molecule has 2 heterocycles. The number of halogens is 1. The van der Waals surface area contributed by atoms with Gasteiger partial charge in [0.2, 0.25) is 11.8 Å². The number of benzene rings is 1. The first-order valence-corrected chi connectivity index (χ1v) is 11.8. The zero-order valence-corrected chi connectivity index (χ0v) is 18.6. The maximum atomic E-state index is 13.7. The average Bonchev–Trinajstić information content (AvgIpc) is 3.32. The third-order valence-electron chi connectivity index (χ3n) is 5.74. The Bertz CT molecular complexity index is 1020. The summed E-state index contributed by atoms with van der Waals surface area (Å²) >= 11 is 1.49. The monoisotopic (exact) mass is 451 g/mol. The Morgan fingerprint density at radius 2 is 1.88 bits per heavy atom. The van der Waals surface area contributed by atoms with Crippen molar-refractivity contribution in [2.24, 2.45) is 0 Å². The molecule has 0 unspecified atom stereocenters. The van der Waals surface area contributed by atoms with Crippen molar-refractivity contribution in [1.82, 2.24) is 10.3 Å². The minimum Gasteiger partial charge on any atom is -0.351 e. The number of rotatable bonds is 7. The average molecular weight is 452 g/mol. The third kappa shape index (κ3) is 5.40. The van der Waals surface area contributed by atoms with E-state index in [0.29, 0.717) is 11.3 Å². The molecule has 1 aliphatic rings. The molecule has 3 aromatic rings. The smallest absolute Gasteiger partial charge is 0.248 e. The molecule has 4 rings (SSSR count). The second-order valence-corrected chi connectivity index (χ2v) is 9.06. The van der Waals surface area contributed by atoms with E-state index < -0.39 is 11.9 Å². The molecule has 0 aliphatic heterocycles. The predicted molar refractivity (Wildman–Crippen MR) is 124 cm³/mol. The summed E-state index contributed by atoms with van der Waals surface area (Å²) in [6.45, 7) is 0. The molecule has 166 valence electrons. The van der Waals surface area contributed by atoms with E-state index >= 15 is 0 Å². The maximum absolute atomic E-state index is 13.7. The van der Waals surface area contributed by atoms with Crippen molar-refractivity contribution in [3.63, 3.8) is 0 Å². The van der Waals surface area contributed by atoms with Gasteiger partial charge < -0.3 is 5.32 Å². The van der Waals surface area contributed by atoms with Gasteiger partial charge in [0.15, 0.2) is 0 Å². The van der Waals surface area contributed by atoms with Gasteiger partial charge in [0.1, 0.15) is 11.9 Å². The number of aromatic nitrogens is 1. The quantitative estimate of drug-likeness (QED) is 0.547. The number of nitrogens with one attached hydrogen (secondary N) is 1. The van der Waals surface area contributed by atoms with Gasteiger partial charge in [-0.05, 0) is 54.6 Å². The van der Waals surface area contributed by atoms with Gasteiger partial charge in [-0.25, -0.2) is 4.39 Å². The van der Waals surface area contributed by atoms with Crippen LogP contribution in [0.5, 0.6) is 0 Å². The fourth-order valence-electron chi connectivity index (χ4n) is 4.17. The highest BCUT2D eigenvalue weighted by atomic mass is 32.1. The van der Waals surface area contributed by atoms with E-state index in [-0.39, 0.29) is 24.3 Å². The van der Waals surface area contributed by atoms with Gasteiger partial charge in [0.25, 0.3) is 0 Å². The summed E-state index contributed by atoms with van der Waals surface area (Å²) in [5.74, 6) is -0.871. The van der Waals surface area contributed by atoms with Crippen molar-refractivity contribution in [3.8, 4) is 0 Å². The molecule has 1 N–H and O–H groups in total. The first kappa shape index (κ1) is 22.1. The Hall–Kier alpha value is -3.06. The number of carbonyl (C=O) groups is 2. The van der Waals surface area contributed by atoms with Crippen molar-refractivity contribution in [2.75, 3.05) is 4.90 Å². The Balaban J connectivity index is 1.71. The van der Waals surface area contributed by atoms with E-state index in [1.165, 1.54) is 34.8 Å². The molecule has 2 aromatic heterocycles. The number of hydrogen-bond donors (Lipinski definition) is 1. The molecule has 1 aliphatic carbocycles. The highest BCUT2D eigenvalue weighted by molar-refractivity contribution is 7.10. The van der Waals surface area contributed by atoms with Crippen LogP contribution in [-0.4, -0.2) is 22.8 Å². The van der Waals surface area contributed by atoms with Crippen molar-refractivity contribution >= 4 is 28.8 Å². The van der Waals surface area contributed by atoms with E-state index in [4.69, 9.17) is 0 Å². The molecule has 5 nitrogen and oxygen atoms in total. The first-order chi connectivity index (χ1) is 15.6. The summed E-state index contributed by atoms with van der Waals surface area (Å²) in [6.07, 6.45) is 8.62. The summed E-state index contributed by atoms with van der Waals surface area (Å²) in [6, 6.07) is 12.2. The van der Waals surface area contributed by atoms with Crippen LogP contribution in [0.15, 0.2) is 66.3 Å². The van der Waals surface area contributed by atoms with Crippen LogP contribution in [0.2, 0.25) is 0 Å². The van der Waals surface area contributed by atoms with Crippen LogP contribution in [0.1, 0.15) is 48.6 Å². The van der Waals surface area contributed by atoms with Gasteiger partial charge in [-0.15, -0.1) is 11.3 Å². The van der Waals surface area contributed by atoms with Gasteiger partial charge in [-0.3, -0.25) is 19.5 Å². The van der Waals surface area contributed by atoms with E-state index in [9.17, 15) is 14.0 Å². The lowest BCUT2D eigenvalue weighted by molar-refractivity contribution is -0.127. The largest absolute Gasteiger partial charge is 0.351 e. The Morgan fingerprint density at radius 3 is 2.53 bits per heavy atom. The fraction of sp³-hybridized carbons (Fsp3) is 0.320. The van der Waals surface area contributed by atoms with Crippen LogP contribution in [0.3, 0.4) is 0 Å². The van der Waals surface area contributed by atoms with Crippen LogP contribution < -0.4 is 10.2 Å². The van der Waals surface area contributed by atoms with Gasteiger partial charge in [0, 0.05) is 34.6 Å². The van der Waals surface area contributed by atoms with Crippen molar-refractivity contribution in [1.29, 1.82) is 0 Å². The van der Waals surface area contributed by atoms with E-state index in [1.807, 2.05) is 17.5 Å². The molecule has 7 heteroatoms. The SMILES string of the molecule is O=C(NC1CCCCC1)[C@@H](c1cccnc1)N(C(=O)Cc1cccs1)c1ccc(F)cc1. The third-order valence-corrected chi connectivity index (χ3v) is 6.61. The van der Waals surface area contributed by atoms with Crippen molar-refractivity contribution in [3.05, 3.63) is 82.6 Å². The molecule has 1 fully saturated rings. The highest BCUT2D eigenvalue weighted by Gasteiger charge is 2.34. The topological polar surface area (TPSA) is 62.3 Å². The molecule has 1 atom stereocenters. The second kappa shape index (κ2) is 10.5. The number of amides is 2.